The number of hydrogen-bond acceptors (Lipinski definition) is 16. The van der Waals surface area contributed by atoms with Crippen molar-refractivity contribution in [2.24, 2.45) is 185 Å². The Morgan fingerprint density at radius 2 is 0.429 bits per heavy atom. The lowest BCUT2D eigenvalue weighted by atomic mass is 9.43. The summed E-state index contributed by atoms with van der Waals surface area (Å²) in [6.45, 7) is 28.4. The van der Waals surface area contributed by atoms with E-state index in [1.807, 2.05) is 0 Å². The first-order valence-electron chi connectivity index (χ1n) is 47.2. The molecule has 16 saturated carbocycles. The van der Waals surface area contributed by atoms with Gasteiger partial charge >= 0.3 is 23.9 Å². The first-order chi connectivity index (χ1) is 53.0. The molecule has 44 unspecified atom stereocenters. The van der Waals surface area contributed by atoms with E-state index in [9.17, 15) is 40.9 Å². The average Bonchev–Trinajstić information content (AvgIpc) is 1.49. The largest absolute Gasteiger partial charge is 0.462 e. The van der Waals surface area contributed by atoms with Gasteiger partial charge in [0.05, 0.1) is 48.8 Å². The van der Waals surface area contributed by atoms with Gasteiger partial charge in [-0.05, 0) is 369 Å². The summed E-state index contributed by atoms with van der Waals surface area (Å²) in [5, 5.41) is 95.2. The molecule has 17 fully saturated rings. The molecule has 0 radical (unpaired) electrons. The molecule has 0 aromatic carbocycles. The molecule has 112 heavy (non-hydrogen) atoms. The molecular formula is C96H152O16. The third-order valence-electron chi connectivity index (χ3n) is 42.3. The molecule has 0 aromatic rings. The summed E-state index contributed by atoms with van der Waals surface area (Å²) < 4.78 is 29.0. The van der Waals surface area contributed by atoms with Crippen molar-refractivity contribution in [3.8, 4) is 0 Å². The monoisotopic (exact) mass is 1560 g/mol. The van der Waals surface area contributed by atoms with E-state index in [0.717, 1.165) is 103 Å². The van der Waals surface area contributed by atoms with Crippen molar-refractivity contribution in [1.82, 2.24) is 0 Å². The van der Waals surface area contributed by atoms with Gasteiger partial charge in [0, 0.05) is 47.3 Å². The zero-order chi connectivity index (χ0) is 79.4. The van der Waals surface area contributed by atoms with E-state index in [0.29, 0.717) is 103 Å². The quantitative estimate of drug-likeness (QED) is 0.0828. The molecule has 0 spiro atoms. The second-order valence-electron chi connectivity index (χ2n) is 46.0. The van der Waals surface area contributed by atoms with Crippen molar-refractivity contribution < 1.29 is 79.0 Å². The Labute approximate surface area is 672 Å². The van der Waals surface area contributed by atoms with Crippen LogP contribution in [-0.2, 0) is 38.1 Å². The zero-order valence-corrected chi connectivity index (χ0v) is 71.1. The number of aliphatic hydroxyl groups excluding tert-OH is 8. The maximum atomic E-state index is 15.4. The SMILES string of the molecule is CC1CCC(=O)OC2CC3C(C(O)CC4CC(O)CCC43C)C3CCC(C(C)CCC(=O)OC4CC5C(C(O)CC6CC(O)CCC65C)C5CCC(C(C)CCC(=O)OC6CC7C(C(O)CC8CC(O)CCC87C)C7CCC(C(C)CCC(=O)OC8CC9C(C(O)CC%10CC(O)CCC%109C)C9CCC1C89C)C67C)C45C)C23C. The first-order valence-corrected chi connectivity index (χ1v) is 47.2. The number of hydrogen-bond donors (Lipinski definition) is 8. The summed E-state index contributed by atoms with van der Waals surface area (Å²) in [5.74, 6) is 1.32. The van der Waals surface area contributed by atoms with E-state index in [2.05, 4.69) is 83.1 Å². The van der Waals surface area contributed by atoms with E-state index in [-0.39, 0.29) is 213 Å². The Morgan fingerprint density at radius 3 is 0.625 bits per heavy atom. The van der Waals surface area contributed by atoms with E-state index in [1.165, 1.54) is 0 Å². The predicted octanol–water partition coefficient (Wildman–Crippen LogP) is 15.7. The minimum absolute atomic E-state index is 0.0182. The summed E-state index contributed by atoms with van der Waals surface area (Å²) in [6, 6.07) is 0. The van der Waals surface area contributed by atoms with Crippen LogP contribution in [0.3, 0.4) is 0 Å². The van der Waals surface area contributed by atoms with Crippen LogP contribution in [0.1, 0.15) is 314 Å². The fourth-order valence-electron chi connectivity index (χ4n) is 36.2. The molecule has 44 atom stereocenters. The highest BCUT2D eigenvalue weighted by atomic mass is 16.6. The lowest BCUT2D eigenvalue weighted by Gasteiger charge is -2.64. The summed E-state index contributed by atoms with van der Waals surface area (Å²) in [4.78, 5) is 61.8. The third kappa shape index (κ3) is 12.7. The third-order valence-corrected chi connectivity index (χ3v) is 42.3. The molecule has 16 aliphatic carbocycles. The molecular weight excluding hydrogens is 1410 g/mol. The Kier molecular flexibility index (Phi) is 21.7. The fraction of sp³-hybridized carbons (Fsp3) is 0.958. The van der Waals surface area contributed by atoms with Crippen molar-refractivity contribution >= 4 is 23.9 Å². The van der Waals surface area contributed by atoms with Gasteiger partial charge in [-0.3, -0.25) is 19.2 Å². The molecule has 632 valence electrons. The van der Waals surface area contributed by atoms with E-state index in [1.54, 1.807) is 0 Å². The Balaban J connectivity index is 0.705. The first kappa shape index (κ1) is 81.9. The molecule has 16 heteroatoms. The highest BCUT2D eigenvalue weighted by Crippen LogP contribution is 2.75. The van der Waals surface area contributed by atoms with E-state index in [4.69, 9.17) is 18.9 Å². The van der Waals surface area contributed by atoms with Crippen LogP contribution in [0.15, 0.2) is 0 Å². The van der Waals surface area contributed by atoms with Gasteiger partial charge in [-0.25, -0.2) is 0 Å². The minimum Gasteiger partial charge on any atom is -0.462 e. The molecule has 16 nitrogen and oxygen atoms in total. The number of carbonyl (C=O) groups excluding carboxylic acids is 4. The Bertz CT molecular complexity index is 3030. The van der Waals surface area contributed by atoms with Crippen LogP contribution in [0.5, 0.6) is 0 Å². The summed E-state index contributed by atoms with van der Waals surface area (Å²) >= 11 is 0. The second-order valence-corrected chi connectivity index (χ2v) is 46.0. The second kappa shape index (κ2) is 29.7. The number of fused-ring (bicyclic) bond motifs is 16. The number of ether oxygens (including phenoxy) is 4. The van der Waals surface area contributed by atoms with Crippen molar-refractivity contribution in [2.45, 2.75) is 387 Å². The van der Waals surface area contributed by atoms with Gasteiger partial charge in [-0.1, -0.05) is 83.1 Å². The van der Waals surface area contributed by atoms with Gasteiger partial charge in [-0.15, -0.1) is 0 Å². The highest BCUT2D eigenvalue weighted by Gasteiger charge is 2.73. The van der Waals surface area contributed by atoms with Crippen molar-refractivity contribution in [3.05, 3.63) is 0 Å². The summed E-state index contributed by atoms with van der Waals surface area (Å²) in [5.41, 5.74) is -2.48. The van der Waals surface area contributed by atoms with Crippen LogP contribution in [0.25, 0.3) is 0 Å². The molecule has 17 aliphatic rings. The maximum absolute atomic E-state index is 15.4. The maximum Gasteiger partial charge on any atom is 0.306 e. The molecule has 0 amide bonds. The molecule has 0 aromatic heterocycles. The molecule has 1 aliphatic heterocycles. The lowest BCUT2D eigenvalue weighted by Crippen LogP contribution is -2.63. The lowest BCUT2D eigenvalue weighted by molar-refractivity contribution is -0.220. The predicted molar refractivity (Wildman–Crippen MR) is 425 cm³/mol. The highest BCUT2D eigenvalue weighted by molar-refractivity contribution is 5.71. The Hall–Kier alpha value is -2.44. The van der Waals surface area contributed by atoms with Crippen LogP contribution in [0.4, 0.5) is 0 Å². The van der Waals surface area contributed by atoms with Crippen LogP contribution < -0.4 is 0 Å². The van der Waals surface area contributed by atoms with Gasteiger partial charge in [0.25, 0.3) is 0 Å². The molecule has 1 heterocycles. The zero-order valence-electron chi connectivity index (χ0n) is 71.1. The summed E-state index contributed by atoms with van der Waals surface area (Å²) in [7, 11) is 0. The smallest absolute Gasteiger partial charge is 0.306 e. The van der Waals surface area contributed by atoms with Crippen molar-refractivity contribution in [3.63, 3.8) is 0 Å². The van der Waals surface area contributed by atoms with Crippen LogP contribution >= 0.6 is 0 Å². The normalized spacial score (nSPS) is 58.6. The standard InChI is InChI=1S/C96H152O16/c1-49-13-25-81(105)110-78-46-70-86(74(102)42-54-38-58(98)30-34-90(54,70)6)66-22-18-62(94(66,78)10)51(3)15-27-83(107)112-80-48-72-88(76(104)44-56-40-60(100)32-36-92(56,72)8)68-24-20-64(96(68,80)12)52(4)16-28-84(108)111-79-47-71-87(75(103)43-55-39-59(99)31-35-91(55,71)7)67-23-19-63(95(67,79)11)50(2)14-26-82(106)109-77-45-69-85(65-21-17-61(49)93(65,77)9)73(101)41-53-37-57(97)29-33-89(53,69)5/h49-80,85-88,97-104H,13-48H2,1-12H3. The average molecular weight is 1560 g/mol. The van der Waals surface area contributed by atoms with Crippen LogP contribution in [0, 0.1) is 185 Å². The van der Waals surface area contributed by atoms with Gasteiger partial charge in [0.15, 0.2) is 0 Å². The van der Waals surface area contributed by atoms with Crippen molar-refractivity contribution in [2.75, 3.05) is 0 Å². The van der Waals surface area contributed by atoms with E-state index >= 15 is 19.2 Å². The number of esters is 4. The molecule has 8 N–H and O–H groups in total. The fourth-order valence-corrected chi connectivity index (χ4v) is 36.2. The molecule has 17 rings (SSSR count). The van der Waals surface area contributed by atoms with Crippen LogP contribution in [0.2, 0.25) is 0 Å². The van der Waals surface area contributed by atoms with Gasteiger partial charge in [0.2, 0.25) is 0 Å². The Morgan fingerprint density at radius 1 is 0.241 bits per heavy atom. The number of rotatable bonds is 0. The minimum atomic E-state index is -0.536. The van der Waals surface area contributed by atoms with Gasteiger partial charge < -0.3 is 59.8 Å². The number of aliphatic hydroxyl groups is 8. The molecule has 0 bridgehead atoms. The van der Waals surface area contributed by atoms with Gasteiger partial charge in [-0.2, -0.15) is 0 Å². The van der Waals surface area contributed by atoms with Crippen molar-refractivity contribution in [1.29, 1.82) is 0 Å². The van der Waals surface area contributed by atoms with Crippen LogP contribution in [-0.4, -0.2) is 138 Å². The molecule has 1 saturated heterocycles. The van der Waals surface area contributed by atoms with Gasteiger partial charge in [0.1, 0.15) is 24.4 Å². The summed E-state index contributed by atoms with van der Waals surface area (Å²) in [6.07, 6.45) is 19.5. The topological polar surface area (TPSA) is 267 Å². The number of carbonyl (C=O) groups is 4. The van der Waals surface area contributed by atoms with E-state index < -0.39 is 94.9 Å².